The Hall–Kier alpha value is -0.900. The molecule has 0 fully saturated rings. The van der Waals surface area contributed by atoms with E-state index in [-0.39, 0.29) is 11.3 Å². The summed E-state index contributed by atoms with van der Waals surface area (Å²) < 4.78 is 5.69. The lowest BCUT2D eigenvalue weighted by Gasteiger charge is -2.18. The summed E-state index contributed by atoms with van der Waals surface area (Å²) >= 11 is 7.67. The molecule has 4 heteroatoms. The molecule has 1 heterocycles. The van der Waals surface area contributed by atoms with Gasteiger partial charge in [0.2, 0.25) is 0 Å². The highest BCUT2D eigenvalue weighted by molar-refractivity contribution is 7.98. The number of rotatable bonds is 5. The lowest BCUT2D eigenvalue weighted by atomic mass is 10.2. The minimum absolute atomic E-state index is 0.0443. The van der Waals surface area contributed by atoms with E-state index in [2.05, 4.69) is 0 Å². The number of nitrogens with two attached hydrogens (primary N) is 1. The van der Waals surface area contributed by atoms with Gasteiger partial charge in [-0.05, 0) is 43.7 Å². The molecule has 0 saturated carbocycles. The smallest absolute Gasteiger partial charge is 0.118 e. The van der Waals surface area contributed by atoms with Gasteiger partial charge in [-0.25, -0.2) is 0 Å². The van der Waals surface area contributed by atoms with Crippen LogP contribution in [0.25, 0.3) is 0 Å². The number of hydrogen-bond acceptors (Lipinski definition) is 3. The Morgan fingerprint density at radius 1 is 1.21 bits per heavy atom. The SMILES string of the molecule is Cc1ccc(C(SCc2ccc(Cl)cc2)C(C)N)o1. The first-order chi connectivity index (χ1) is 9.06. The fraction of sp³-hybridized carbons (Fsp3) is 0.333. The average Bonchev–Trinajstić information content (AvgIpc) is 2.78. The summed E-state index contributed by atoms with van der Waals surface area (Å²) in [5.74, 6) is 2.77. The van der Waals surface area contributed by atoms with Crippen LogP contribution in [0.1, 0.15) is 29.3 Å². The summed E-state index contributed by atoms with van der Waals surface area (Å²) in [6.45, 7) is 3.96. The molecule has 19 heavy (non-hydrogen) atoms. The predicted molar refractivity (Wildman–Crippen MR) is 82.6 cm³/mol. The Labute approximate surface area is 123 Å². The van der Waals surface area contributed by atoms with Gasteiger partial charge in [0.25, 0.3) is 0 Å². The molecule has 0 spiro atoms. The van der Waals surface area contributed by atoms with Crippen molar-refractivity contribution in [1.82, 2.24) is 0 Å². The van der Waals surface area contributed by atoms with Crippen LogP contribution in [0.15, 0.2) is 40.8 Å². The normalized spacial score (nSPS) is 14.3. The second kappa shape index (κ2) is 6.51. The van der Waals surface area contributed by atoms with Crippen molar-refractivity contribution in [3.63, 3.8) is 0 Å². The summed E-state index contributed by atoms with van der Waals surface area (Å²) in [6.07, 6.45) is 0. The van der Waals surface area contributed by atoms with Gasteiger partial charge in [0.1, 0.15) is 11.5 Å². The molecule has 2 unspecified atom stereocenters. The number of halogens is 1. The van der Waals surface area contributed by atoms with E-state index in [1.54, 1.807) is 11.8 Å². The molecule has 1 aromatic carbocycles. The Balaban J connectivity index is 2.03. The van der Waals surface area contributed by atoms with Crippen LogP contribution in [-0.4, -0.2) is 6.04 Å². The fourth-order valence-electron chi connectivity index (χ4n) is 1.87. The van der Waals surface area contributed by atoms with E-state index in [9.17, 15) is 0 Å². The largest absolute Gasteiger partial charge is 0.465 e. The molecule has 0 aliphatic heterocycles. The minimum atomic E-state index is 0.0443. The summed E-state index contributed by atoms with van der Waals surface area (Å²) in [4.78, 5) is 0. The lowest BCUT2D eigenvalue weighted by molar-refractivity contribution is 0.464. The van der Waals surface area contributed by atoms with Crippen LogP contribution >= 0.6 is 23.4 Å². The van der Waals surface area contributed by atoms with E-state index in [4.69, 9.17) is 21.8 Å². The van der Waals surface area contributed by atoms with Crippen molar-refractivity contribution >= 4 is 23.4 Å². The van der Waals surface area contributed by atoms with E-state index in [0.29, 0.717) is 0 Å². The summed E-state index contributed by atoms with van der Waals surface area (Å²) in [5.41, 5.74) is 7.30. The quantitative estimate of drug-likeness (QED) is 0.878. The van der Waals surface area contributed by atoms with Gasteiger partial charge in [-0.1, -0.05) is 23.7 Å². The maximum Gasteiger partial charge on any atom is 0.118 e. The van der Waals surface area contributed by atoms with Crippen LogP contribution in [0.5, 0.6) is 0 Å². The molecular formula is C15H18ClNOS. The topological polar surface area (TPSA) is 39.2 Å². The van der Waals surface area contributed by atoms with Crippen LogP contribution in [0.4, 0.5) is 0 Å². The highest BCUT2D eigenvalue weighted by Gasteiger charge is 2.20. The summed E-state index contributed by atoms with van der Waals surface area (Å²) in [7, 11) is 0. The van der Waals surface area contributed by atoms with Crippen molar-refractivity contribution in [3.8, 4) is 0 Å². The van der Waals surface area contributed by atoms with Crippen LogP contribution < -0.4 is 5.73 Å². The third-order valence-electron chi connectivity index (χ3n) is 2.86. The first kappa shape index (κ1) is 14.5. The third kappa shape index (κ3) is 4.03. The number of hydrogen-bond donors (Lipinski definition) is 1. The van der Waals surface area contributed by atoms with Crippen molar-refractivity contribution in [2.45, 2.75) is 30.9 Å². The van der Waals surface area contributed by atoms with Crippen molar-refractivity contribution in [2.24, 2.45) is 5.73 Å². The van der Waals surface area contributed by atoms with E-state index in [0.717, 1.165) is 22.3 Å². The molecule has 0 saturated heterocycles. The molecule has 2 nitrogen and oxygen atoms in total. The summed E-state index contributed by atoms with van der Waals surface area (Å²) in [6, 6.07) is 11.9. The molecule has 2 atom stereocenters. The van der Waals surface area contributed by atoms with Crippen LogP contribution in [0.3, 0.4) is 0 Å². The molecule has 0 aliphatic carbocycles. The molecule has 0 bridgehead atoms. The van der Waals surface area contributed by atoms with Gasteiger partial charge in [0, 0.05) is 16.8 Å². The summed E-state index contributed by atoms with van der Waals surface area (Å²) in [5, 5.41) is 0.934. The standard InChI is InChI=1S/C15H18ClNOS/c1-10-3-8-14(18-10)15(11(2)17)19-9-12-4-6-13(16)7-5-12/h3-8,11,15H,9,17H2,1-2H3. The molecule has 1 aromatic heterocycles. The molecule has 0 aliphatic rings. The van der Waals surface area contributed by atoms with E-state index >= 15 is 0 Å². The van der Waals surface area contributed by atoms with Gasteiger partial charge in [-0.15, -0.1) is 11.8 Å². The maximum atomic E-state index is 6.06. The van der Waals surface area contributed by atoms with E-state index in [1.165, 1.54) is 5.56 Å². The second-order valence-corrected chi connectivity index (χ2v) is 6.23. The number of benzene rings is 1. The maximum absolute atomic E-state index is 6.06. The van der Waals surface area contributed by atoms with Crippen LogP contribution in [0.2, 0.25) is 5.02 Å². The average molecular weight is 296 g/mol. The van der Waals surface area contributed by atoms with Gasteiger partial charge >= 0.3 is 0 Å². The van der Waals surface area contributed by atoms with Crippen LogP contribution in [-0.2, 0) is 5.75 Å². The fourth-order valence-corrected chi connectivity index (χ4v) is 3.15. The molecule has 2 rings (SSSR count). The van der Waals surface area contributed by atoms with Crippen molar-refractivity contribution < 1.29 is 4.42 Å². The Morgan fingerprint density at radius 3 is 2.42 bits per heavy atom. The van der Waals surface area contributed by atoms with E-state index in [1.807, 2.05) is 50.2 Å². The number of furan rings is 1. The van der Waals surface area contributed by atoms with Gasteiger partial charge in [0.05, 0.1) is 5.25 Å². The minimum Gasteiger partial charge on any atom is -0.465 e. The zero-order valence-electron chi connectivity index (χ0n) is 11.1. The molecule has 2 aromatic rings. The molecule has 2 N–H and O–H groups in total. The van der Waals surface area contributed by atoms with Gasteiger partial charge in [-0.3, -0.25) is 0 Å². The van der Waals surface area contributed by atoms with Crippen molar-refractivity contribution in [1.29, 1.82) is 0 Å². The first-order valence-electron chi connectivity index (χ1n) is 6.24. The van der Waals surface area contributed by atoms with Crippen molar-refractivity contribution in [2.75, 3.05) is 0 Å². The zero-order valence-corrected chi connectivity index (χ0v) is 12.7. The first-order valence-corrected chi connectivity index (χ1v) is 7.67. The van der Waals surface area contributed by atoms with Gasteiger partial charge < -0.3 is 10.2 Å². The number of aryl methyl sites for hydroxylation is 1. The van der Waals surface area contributed by atoms with Gasteiger partial charge in [0.15, 0.2) is 0 Å². The highest BCUT2D eigenvalue weighted by Crippen LogP contribution is 2.34. The highest BCUT2D eigenvalue weighted by atomic mass is 35.5. The van der Waals surface area contributed by atoms with Gasteiger partial charge in [-0.2, -0.15) is 0 Å². The molecule has 0 radical (unpaired) electrons. The monoisotopic (exact) mass is 295 g/mol. The van der Waals surface area contributed by atoms with E-state index < -0.39 is 0 Å². The lowest BCUT2D eigenvalue weighted by Crippen LogP contribution is -2.22. The Kier molecular flexibility index (Phi) is 4.97. The Morgan fingerprint density at radius 2 is 1.89 bits per heavy atom. The molecule has 0 amide bonds. The predicted octanol–water partition coefficient (Wildman–Crippen LogP) is 4.56. The second-order valence-electron chi connectivity index (χ2n) is 4.67. The Bertz CT molecular complexity index is 521. The number of thioether (sulfide) groups is 1. The third-order valence-corrected chi connectivity index (χ3v) is 4.63. The van der Waals surface area contributed by atoms with Crippen LogP contribution in [0, 0.1) is 6.92 Å². The zero-order chi connectivity index (χ0) is 13.8. The molecular weight excluding hydrogens is 278 g/mol. The molecule has 102 valence electrons. The van der Waals surface area contributed by atoms with Crippen molar-refractivity contribution in [3.05, 3.63) is 58.5 Å².